The normalized spacial score (nSPS) is 10.2. The second-order valence-corrected chi connectivity index (χ2v) is 5.32. The number of carboxylic acids is 1. The Hall–Kier alpha value is -1.63. The van der Waals surface area contributed by atoms with Crippen molar-refractivity contribution in [3.8, 4) is 0 Å². The maximum Gasteiger partial charge on any atom is 0.303 e. The van der Waals surface area contributed by atoms with Crippen LogP contribution in [0.3, 0.4) is 0 Å². The Bertz CT molecular complexity index is 479. The molecular formula is C13H17BrN2O4. The van der Waals surface area contributed by atoms with Gasteiger partial charge in [0.1, 0.15) is 5.69 Å². The highest BCUT2D eigenvalue weighted by Gasteiger charge is 2.13. The van der Waals surface area contributed by atoms with Crippen molar-refractivity contribution in [2.75, 3.05) is 11.9 Å². The van der Waals surface area contributed by atoms with Gasteiger partial charge in [0.25, 0.3) is 5.69 Å². The molecule has 0 aliphatic heterocycles. The summed E-state index contributed by atoms with van der Waals surface area (Å²) in [6.07, 6.45) is 3.49. The standard InChI is InChI=1S/C13H17BrN2O4/c14-10-6-7-11(12(9-10)16(19)20)15-8-4-2-1-3-5-13(17)18/h6-7,9,15H,1-5,8H2,(H,17,18). The van der Waals surface area contributed by atoms with E-state index in [1.54, 1.807) is 12.1 Å². The summed E-state index contributed by atoms with van der Waals surface area (Å²) in [7, 11) is 0. The van der Waals surface area contributed by atoms with Crippen molar-refractivity contribution in [1.82, 2.24) is 0 Å². The number of hydrogen-bond acceptors (Lipinski definition) is 4. The SMILES string of the molecule is O=C(O)CCCCCCNc1ccc(Br)cc1[N+](=O)[O-]. The summed E-state index contributed by atoms with van der Waals surface area (Å²) in [4.78, 5) is 20.8. The van der Waals surface area contributed by atoms with Gasteiger partial charge >= 0.3 is 5.97 Å². The van der Waals surface area contributed by atoms with Gasteiger partial charge in [-0.25, -0.2) is 0 Å². The number of unbranched alkanes of at least 4 members (excludes halogenated alkanes) is 3. The van der Waals surface area contributed by atoms with Crippen LogP contribution < -0.4 is 5.32 Å². The molecule has 0 spiro atoms. The molecule has 0 amide bonds. The Labute approximate surface area is 125 Å². The third-order valence-electron chi connectivity index (χ3n) is 2.79. The first-order valence-electron chi connectivity index (χ1n) is 6.40. The summed E-state index contributed by atoms with van der Waals surface area (Å²) < 4.78 is 0.670. The zero-order chi connectivity index (χ0) is 15.0. The summed E-state index contributed by atoms with van der Waals surface area (Å²) in [6, 6.07) is 4.89. The average Bonchev–Trinajstić information content (AvgIpc) is 2.38. The van der Waals surface area contributed by atoms with Crippen LogP contribution >= 0.6 is 15.9 Å². The van der Waals surface area contributed by atoms with E-state index in [2.05, 4.69) is 21.2 Å². The average molecular weight is 345 g/mol. The maximum absolute atomic E-state index is 10.9. The monoisotopic (exact) mass is 344 g/mol. The Morgan fingerprint density at radius 1 is 1.30 bits per heavy atom. The molecule has 0 fully saturated rings. The number of anilines is 1. The van der Waals surface area contributed by atoms with Gasteiger partial charge in [0, 0.05) is 23.5 Å². The minimum atomic E-state index is -0.770. The molecule has 6 nitrogen and oxygen atoms in total. The van der Waals surface area contributed by atoms with Crippen LogP contribution in [-0.2, 0) is 4.79 Å². The van der Waals surface area contributed by atoms with Gasteiger partial charge in [0.05, 0.1) is 4.92 Å². The molecule has 1 rings (SSSR count). The van der Waals surface area contributed by atoms with E-state index in [0.29, 0.717) is 23.1 Å². The highest BCUT2D eigenvalue weighted by atomic mass is 79.9. The fourth-order valence-electron chi connectivity index (χ4n) is 1.78. The van der Waals surface area contributed by atoms with E-state index < -0.39 is 10.9 Å². The molecule has 110 valence electrons. The quantitative estimate of drug-likeness (QED) is 0.403. The molecule has 0 aromatic heterocycles. The van der Waals surface area contributed by atoms with Gasteiger partial charge in [0.2, 0.25) is 0 Å². The number of halogens is 1. The number of rotatable bonds is 9. The molecule has 0 heterocycles. The fourth-order valence-corrected chi connectivity index (χ4v) is 2.13. The summed E-state index contributed by atoms with van der Waals surface area (Å²) in [5, 5.41) is 22.4. The molecule has 20 heavy (non-hydrogen) atoms. The lowest BCUT2D eigenvalue weighted by Crippen LogP contribution is -2.04. The van der Waals surface area contributed by atoms with Crippen molar-refractivity contribution in [1.29, 1.82) is 0 Å². The zero-order valence-corrected chi connectivity index (χ0v) is 12.6. The maximum atomic E-state index is 10.9. The minimum absolute atomic E-state index is 0.0465. The van der Waals surface area contributed by atoms with Crippen molar-refractivity contribution in [2.24, 2.45) is 0 Å². The van der Waals surface area contributed by atoms with Crippen molar-refractivity contribution in [3.63, 3.8) is 0 Å². The number of aliphatic carboxylic acids is 1. The predicted octanol–water partition coefficient (Wildman–Crippen LogP) is 3.80. The minimum Gasteiger partial charge on any atom is -0.481 e. The molecule has 0 saturated carbocycles. The zero-order valence-electron chi connectivity index (χ0n) is 11.0. The third kappa shape index (κ3) is 6.01. The van der Waals surface area contributed by atoms with Gasteiger partial charge in [-0.3, -0.25) is 14.9 Å². The van der Waals surface area contributed by atoms with E-state index in [4.69, 9.17) is 5.11 Å². The lowest BCUT2D eigenvalue weighted by molar-refractivity contribution is -0.384. The highest BCUT2D eigenvalue weighted by molar-refractivity contribution is 9.10. The topological polar surface area (TPSA) is 92.5 Å². The van der Waals surface area contributed by atoms with Crippen molar-refractivity contribution in [3.05, 3.63) is 32.8 Å². The van der Waals surface area contributed by atoms with Crippen molar-refractivity contribution in [2.45, 2.75) is 32.1 Å². The molecule has 1 aromatic rings. The highest BCUT2D eigenvalue weighted by Crippen LogP contribution is 2.27. The Kier molecular flexibility index (Phi) is 7.00. The molecule has 0 saturated heterocycles. The number of carboxylic acid groups (broad SMARTS) is 1. The second kappa shape index (κ2) is 8.52. The van der Waals surface area contributed by atoms with E-state index in [-0.39, 0.29) is 12.1 Å². The lowest BCUT2D eigenvalue weighted by Gasteiger charge is -2.07. The van der Waals surface area contributed by atoms with Gasteiger partial charge < -0.3 is 10.4 Å². The van der Waals surface area contributed by atoms with E-state index in [0.717, 1.165) is 19.3 Å². The third-order valence-corrected chi connectivity index (χ3v) is 3.28. The largest absolute Gasteiger partial charge is 0.481 e. The van der Waals surface area contributed by atoms with Gasteiger partial charge in [-0.15, -0.1) is 0 Å². The number of hydrogen-bond donors (Lipinski definition) is 2. The Morgan fingerprint density at radius 3 is 2.65 bits per heavy atom. The summed E-state index contributed by atoms with van der Waals surface area (Å²) in [5.74, 6) is -0.770. The van der Waals surface area contributed by atoms with Crippen LogP contribution in [0.1, 0.15) is 32.1 Å². The Morgan fingerprint density at radius 2 is 2.00 bits per heavy atom. The smallest absolute Gasteiger partial charge is 0.303 e. The van der Waals surface area contributed by atoms with Crippen molar-refractivity contribution < 1.29 is 14.8 Å². The number of nitro benzene ring substituents is 1. The number of benzene rings is 1. The van der Waals surface area contributed by atoms with Gasteiger partial charge in [-0.05, 0) is 25.0 Å². The molecule has 0 aliphatic carbocycles. The van der Waals surface area contributed by atoms with Gasteiger partial charge in [-0.1, -0.05) is 28.8 Å². The molecule has 7 heteroatoms. The van der Waals surface area contributed by atoms with Crippen LogP contribution in [0.5, 0.6) is 0 Å². The number of nitrogens with one attached hydrogen (secondary N) is 1. The summed E-state index contributed by atoms with van der Waals surface area (Å²) in [6.45, 7) is 0.634. The molecular weight excluding hydrogens is 328 g/mol. The van der Waals surface area contributed by atoms with Gasteiger partial charge in [0.15, 0.2) is 0 Å². The first-order chi connectivity index (χ1) is 9.50. The predicted molar refractivity (Wildman–Crippen MR) is 80.0 cm³/mol. The molecule has 1 aromatic carbocycles. The van der Waals surface area contributed by atoms with Gasteiger partial charge in [-0.2, -0.15) is 0 Å². The van der Waals surface area contributed by atoms with Crippen molar-refractivity contribution >= 4 is 33.3 Å². The first-order valence-corrected chi connectivity index (χ1v) is 7.19. The van der Waals surface area contributed by atoms with Crippen LogP contribution in [0.4, 0.5) is 11.4 Å². The molecule has 0 aliphatic rings. The van der Waals surface area contributed by atoms with Crippen LogP contribution in [0.15, 0.2) is 22.7 Å². The molecule has 0 atom stereocenters. The second-order valence-electron chi connectivity index (χ2n) is 4.40. The number of nitrogens with zero attached hydrogens (tertiary/aromatic N) is 1. The lowest BCUT2D eigenvalue weighted by atomic mass is 10.1. The van der Waals surface area contributed by atoms with Crippen LogP contribution in [0, 0.1) is 10.1 Å². The molecule has 0 bridgehead atoms. The summed E-state index contributed by atoms with van der Waals surface area (Å²) >= 11 is 3.21. The number of nitro groups is 1. The molecule has 0 unspecified atom stereocenters. The van der Waals surface area contributed by atoms with E-state index in [9.17, 15) is 14.9 Å². The summed E-state index contributed by atoms with van der Waals surface area (Å²) in [5.41, 5.74) is 0.550. The van der Waals surface area contributed by atoms with Crippen LogP contribution in [0.25, 0.3) is 0 Å². The molecule has 0 radical (unpaired) electrons. The van der Waals surface area contributed by atoms with E-state index in [1.807, 2.05) is 0 Å². The molecule has 2 N–H and O–H groups in total. The van der Waals surface area contributed by atoms with Crippen LogP contribution in [0.2, 0.25) is 0 Å². The Balaban J connectivity index is 2.32. The van der Waals surface area contributed by atoms with Crippen LogP contribution in [-0.4, -0.2) is 22.5 Å². The first kappa shape index (κ1) is 16.4. The fraction of sp³-hybridized carbons (Fsp3) is 0.462. The van der Waals surface area contributed by atoms with E-state index >= 15 is 0 Å². The number of carbonyl (C=O) groups is 1. The van der Waals surface area contributed by atoms with E-state index in [1.165, 1.54) is 6.07 Å².